The van der Waals surface area contributed by atoms with Gasteiger partial charge in [-0.2, -0.15) is 0 Å². The first-order chi connectivity index (χ1) is 5.81. The van der Waals surface area contributed by atoms with Crippen molar-refractivity contribution in [3.63, 3.8) is 0 Å². The summed E-state index contributed by atoms with van der Waals surface area (Å²) in [4.78, 5) is 0. The zero-order valence-corrected chi connectivity index (χ0v) is 8.34. The van der Waals surface area contributed by atoms with Gasteiger partial charge in [-0.1, -0.05) is 6.92 Å². The molecule has 1 heteroatoms. The summed E-state index contributed by atoms with van der Waals surface area (Å²) >= 11 is 0. The standard InChI is InChI=1S/C11H21N/c1-3-11(10-6-7-10)12-8(2)9-4-5-9/h8-12H,3-7H2,1-2H3. The maximum atomic E-state index is 3.79. The average Bonchev–Trinajstić information content (AvgIpc) is 2.89. The average molecular weight is 167 g/mol. The summed E-state index contributed by atoms with van der Waals surface area (Å²) in [6.07, 6.45) is 7.21. The second-order valence-electron chi connectivity index (χ2n) is 4.64. The van der Waals surface area contributed by atoms with Gasteiger partial charge in [0.1, 0.15) is 0 Å². The second kappa shape index (κ2) is 3.37. The van der Waals surface area contributed by atoms with Gasteiger partial charge in [0.05, 0.1) is 0 Å². The van der Waals surface area contributed by atoms with Gasteiger partial charge in [-0.05, 0) is 50.9 Å². The van der Waals surface area contributed by atoms with E-state index in [4.69, 9.17) is 0 Å². The van der Waals surface area contributed by atoms with E-state index in [1.807, 2.05) is 0 Å². The molecule has 0 aromatic rings. The molecular formula is C11H21N. The summed E-state index contributed by atoms with van der Waals surface area (Å²) in [6.45, 7) is 4.68. The summed E-state index contributed by atoms with van der Waals surface area (Å²) in [5.41, 5.74) is 0. The molecule has 0 aliphatic heterocycles. The smallest absolute Gasteiger partial charge is 0.00952 e. The zero-order chi connectivity index (χ0) is 8.55. The molecule has 2 fully saturated rings. The van der Waals surface area contributed by atoms with Crippen LogP contribution in [0.5, 0.6) is 0 Å². The highest BCUT2D eigenvalue weighted by Gasteiger charge is 2.34. The van der Waals surface area contributed by atoms with E-state index in [-0.39, 0.29) is 0 Å². The molecule has 2 rings (SSSR count). The Morgan fingerprint density at radius 3 is 2.17 bits per heavy atom. The molecule has 2 unspecified atom stereocenters. The van der Waals surface area contributed by atoms with Crippen LogP contribution in [0.3, 0.4) is 0 Å². The van der Waals surface area contributed by atoms with Crippen LogP contribution in [-0.4, -0.2) is 12.1 Å². The van der Waals surface area contributed by atoms with E-state index in [2.05, 4.69) is 19.2 Å². The number of hydrogen-bond acceptors (Lipinski definition) is 1. The predicted octanol–water partition coefficient (Wildman–Crippen LogP) is 2.56. The Bertz CT molecular complexity index is 147. The molecule has 0 radical (unpaired) electrons. The predicted molar refractivity (Wildman–Crippen MR) is 52.1 cm³/mol. The SMILES string of the molecule is CCC(NC(C)C1CC1)C1CC1. The summed E-state index contributed by atoms with van der Waals surface area (Å²) < 4.78 is 0. The minimum atomic E-state index is 0.788. The van der Waals surface area contributed by atoms with Crippen molar-refractivity contribution in [1.82, 2.24) is 5.32 Å². The molecule has 2 aliphatic rings. The molecule has 2 atom stereocenters. The van der Waals surface area contributed by atoms with Crippen LogP contribution in [-0.2, 0) is 0 Å². The summed E-state index contributed by atoms with van der Waals surface area (Å²) in [6, 6.07) is 1.62. The fourth-order valence-electron chi connectivity index (χ4n) is 2.16. The lowest BCUT2D eigenvalue weighted by molar-refractivity contribution is 0.375. The molecule has 0 aromatic heterocycles. The third-order valence-electron chi connectivity index (χ3n) is 3.44. The topological polar surface area (TPSA) is 12.0 Å². The van der Waals surface area contributed by atoms with E-state index in [1.165, 1.54) is 32.1 Å². The zero-order valence-electron chi connectivity index (χ0n) is 8.34. The number of rotatable bonds is 5. The van der Waals surface area contributed by atoms with E-state index >= 15 is 0 Å². The van der Waals surface area contributed by atoms with Crippen molar-refractivity contribution in [3.05, 3.63) is 0 Å². The molecule has 0 heterocycles. The normalized spacial score (nSPS) is 28.5. The maximum absolute atomic E-state index is 3.79. The highest BCUT2D eigenvalue weighted by atomic mass is 15.0. The monoisotopic (exact) mass is 167 g/mol. The Kier molecular flexibility index (Phi) is 2.40. The van der Waals surface area contributed by atoms with Crippen molar-refractivity contribution >= 4 is 0 Å². The molecule has 0 aromatic carbocycles. The van der Waals surface area contributed by atoms with Gasteiger partial charge in [-0.15, -0.1) is 0 Å². The fourth-order valence-corrected chi connectivity index (χ4v) is 2.16. The third kappa shape index (κ3) is 2.01. The van der Waals surface area contributed by atoms with E-state index in [9.17, 15) is 0 Å². The fraction of sp³-hybridized carbons (Fsp3) is 1.00. The maximum Gasteiger partial charge on any atom is 0.00952 e. The molecule has 0 bridgehead atoms. The Hall–Kier alpha value is -0.0400. The van der Waals surface area contributed by atoms with Gasteiger partial charge in [0.15, 0.2) is 0 Å². The minimum Gasteiger partial charge on any atom is -0.311 e. The van der Waals surface area contributed by atoms with Crippen molar-refractivity contribution in [3.8, 4) is 0 Å². The lowest BCUT2D eigenvalue weighted by Gasteiger charge is -2.21. The van der Waals surface area contributed by atoms with Crippen molar-refractivity contribution < 1.29 is 0 Å². The van der Waals surface area contributed by atoms with Gasteiger partial charge in [0.25, 0.3) is 0 Å². The largest absolute Gasteiger partial charge is 0.311 e. The molecular weight excluding hydrogens is 146 g/mol. The lowest BCUT2D eigenvalue weighted by atomic mass is 10.1. The quantitative estimate of drug-likeness (QED) is 0.663. The van der Waals surface area contributed by atoms with Crippen LogP contribution in [0.15, 0.2) is 0 Å². The van der Waals surface area contributed by atoms with Crippen LogP contribution in [0.1, 0.15) is 46.0 Å². The Morgan fingerprint density at radius 1 is 1.17 bits per heavy atom. The van der Waals surface area contributed by atoms with Crippen molar-refractivity contribution in [1.29, 1.82) is 0 Å². The van der Waals surface area contributed by atoms with Crippen LogP contribution in [0.4, 0.5) is 0 Å². The molecule has 70 valence electrons. The molecule has 0 spiro atoms. The van der Waals surface area contributed by atoms with Crippen LogP contribution in [0.25, 0.3) is 0 Å². The van der Waals surface area contributed by atoms with Gasteiger partial charge in [0, 0.05) is 12.1 Å². The molecule has 1 nitrogen and oxygen atoms in total. The highest BCUT2D eigenvalue weighted by Crippen LogP contribution is 2.37. The Morgan fingerprint density at radius 2 is 1.75 bits per heavy atom. The number of nitrogens with one attached hydrogen (secondary N) is 1. The van der Waals surface area contributed by atoms with Crippen molar-refractivity contribution in [2.75, 3.05) is 0 Å². The van der Waals surface area contributed by atoms with E-state index in [1.54, 1.807) is 0 Å². The van der Waals surface area contributed by atoms with E-state index in [0.29, 0.717) is 0 Å². The molecule has 12 heavy (non-hydrogen) atoms. The molecule has 0 saturated heterocycles. The molecule has 2 aliphatic carbocycles. The summed E-state index contributed by atoms with van der Waals surface area (Å²) in [7, 11) is 0. The first-order valence-corrected chi connectivity index (χ1v) is 5.57. The van der Waals surface area contributed by atoms with Gasteiger partial charge >= 0.3 is 0 Å². The van der Waals surface area contributed by atoms with Gasteiger partial charge < -0.3 is 5.32 Å². The lowest BCUT2D eigenvalue weighted by Crippen LogP contribution is -2.38. The molecule has 1 N–H and O–H groups in total. The van der Waals surface area contributed by atoms with Crippen LogP contribution in [0, 0.1) is 11.8 Å². The first kappa shape index (κ1) is 8.55. The van der Waals surface area contributed by atoms with E-state index < -0.39 is 0 Å². The summed E-state index contributed by atoms with van der Waals surface area (Å²) in [5, 5.41) is 3.79. The van der Waals surface area contributed by atoms with Crippen LogP contribution in [0.2, 0.25) is 0 Å². The highest BCUT2D eigenvalue weighted by molar-refractivity contribution is 4.91. The number of hydrogen-bond donors (Lipinski definition) is 1. The van der Waals surface area contributed by atoms with Crippen LogP contribution < -0.4 is 5.32 Å². The summed E-state index contributed by atoms with van der Waals surface area (Å²) in [5.74, 6) is 2.04. The Balaban J connectivity index is 1.73. The van der Waals surface area contributed by atoms with Crippen molar-refractivity contribution in [2.45, 2.75) is 58.0 Å². The Labute approximate surface area is 75.9 Å². The van der Waals surface area contributed by atoms with Gasteiger partial charge in [0.2, 0.25) is 0 Å². The van der Waals surface area contributed by atoms with E-state index in [0.717, 1.165) is 23.9 Å². The first-order valence-electron chi connectivity index (χ1n) is 5.57. The van der Waals surface area contributed by atoms with Crippen LogP contribution >= 0.6 is 0 Å². The molecule has 2 saturated carbocycles. The molecule has 0 amide bonds. The third-order valence-corrected chi connectivity index (χ3v) is 3.44. The van der Waals surface area contributed by atoms with Crippen molar-refractivity contribution in [2.24, 2.45) is 11.8 Å². The minimum absolute atomic E-state index is 0.788. The second-order valence-corrected chi connectivity index (χ2v) is 4.64. The van der Waals surface area contributed by atoms with Gasteiger partial charge in [-0.25, -0.2) is 0 Å². The van der Waals surface area contributed by atoms with Gasteiger partial charge in [-0.3, -0.25) is 0 Å².